The third kappa shape index (κ3) is 2.41. The predicted molar refractivity (Wildman–Crippen MR) is 84.5 cm³/mol. The van der Waals surface area contributed by atoms with E-state index >= 15 is 0 Å². The summed E-state index contributed by atoms with van der Waals surface area (Å²) >= 11 is 3.50. The van der Waals surface area contributed by atoms with Crippen molar-refractivity contribution in [2.75, 3.05) is 31.3 Å². The minimum absolute atomic E-state index is 0.0655. The van der Waals surface area contributed by atoms with Gasteiger partial charge in [-0.1, -0.05) is 28.9 Å². The van der Waals surface area contributed by atoms with Gasteiger partial charge in [-0.25, -0.2) is 0 Å². The van der Waals surface area contributed by atoms with Crippen LogP contribution in [0.25, 0.3) is 0 Å². The molecule has 1 spiro atoms. The van der Waals surface area contributed by atoms with Crippen molar-refractivity contribution in [2.45, 2.75) is 25.2 Å². The van der Waals surface area contributed by atoms with Gasteiger partial charge in [0.05, 0.1) is 5.41 Å². The summed E-state index contributed by atoms with van der Waals surface area (Å²) < 4.78 is 6.43. The zero-order valence-electron chi connectivity index (χ0n) is 12.1. The summed E-state index contributed by atoms with van der Waals surface area (Å²) in [6, 6.07) is 6.08. The highest BCUT2D eigenvalue weighted by molar-refractivity contribution is 9.10. The molecule has 1 aromatic carbocycles. The van der Waals surface area contributed by atoms with Crippen LogP contribution >= 0.6 is 15.9 Å². The standard InChI is InChI=1S/C16H20BrNO3/c1-11(10-19)9-18-14-8-12(17)2-3-13(14)16(15(18)20)4-6-21-7-5-16/h2-3,8,11,19H,4-7,9-10H2,1H3/t11-/m0/s1. The molecule has 0 unspecified atom stereocenters. The number of halogens is 1. The van der Waals surface area contributed by atoms with Crippen LogP contribution in [0.4, 0.5) is 5.69 Å². The van der Waals surface area contributed by atoms with Crippen molar-refractivity contribution in [1.29, 1.82) is 0 Å². The molecule has 0 radical (unpaired) electrons. The second-order valence-electron chi connectivity index (χ2n) is 6.06. The van der Waals surface area contributed by atoms with Gasteiger partial charge in [-0.15, -0.1) is 0 Å². The number of hydrogen-bond acceptors (Lipinski definition) is 3. The molecule has 3 rings (SSSR count). The molecule has 21 heavy (non-hydrogen) atoms. The van der Waals surface area contributed by atoms with Gasteiger partial charge in [0.25, 0.3) is 0 Å². The Morgan fingerprint density at radius 2 is 2.14 bits per heavy atom. The lowest BCUT2D eigenvalue weighted by molar-refractivity contribution is -0.126. The minimum Gasteiger partial charge on any atom is -0.396 e. The van der Waals surface area contributed by atoms with Gasteiger partial charge in [0, 0.05) is 36.5 Å². The number of aliphatic hydroxyl groups is 1. The van der Waals surface area contributed by atoms with E-state index in [2.05, 4.69) is 22.0 Å². The molecule has 0 saturated carbocycles. The number of nitrogens with zero attached hydrogens (tertiary/aromatic N) is 1. The Labute approximate surface area is 133 Å². The average molecular weight is 354 g/mol. The number of hydrogen-bond donors (Lipinski definition) is 1. The third-order valence-corrected chi connectivity index (χ3v) is 5.07. The highest BCUT2D eigenvalue weighted by Crippen LogP contribution is 2.48. The van der Waals surface area contributed by atoms with Crippen LogP contribution in [0.1, 0.15) is 25.3 Å². The maximum absolute atomic E-state index is 13.1. The first-order chi connectivity index (χ1) is 10.1. The van der Waals surface area contributed by atoms with Gasteiger partial charge >= 0.3 is 0 Å². The van der Waals surface area contributed by atoms with E-state index in [9.17, 15) is 9.90 Å². The fourth-order valence-electron chi connectivity index (χ4n) is 3.37. The lowest BCUT2D eigenvalue weighted by atomic mass is 9.75. The molecule has 4 nitrogen and oxygen atoms in total. The summed E-state index contributed by atoms with van der Waals surface area (Å²) in [5.41, 5.74) is 1.67. The van der Waals surface area contributed by atoms with Crippen LogP contribution in [0, 0.1) is 5.92 Å². The summed E-state index contributed by atoms with van der Waals surface area (Å²) in [4.78, 5) is 14.9. The van der Waals surface area contributed by atoms with E-state index in [0.717, 1.165) is 28.6 Å². The lowest BCUT2D eigenvalue weighted by Gasteiger charge is -2.32. The highest BCUT2D eigenvalue weighted by atomic mass is 79.9. The molecule has 2 aliphatic heterocycles. The van der Waals surface area contributed by atoms with Gasteiger partial charge in [0.15, 0.2) is 0 Å². The van der Waals surface area contributed by atoms with E-state index in [4.69, 9.17) is 4.74 Å². The number of anilines is 1. The molecule has 2 heterocycles. The summed E-state index contributed by atoms with van der Waals surface area (Å²) in [5, 5.41) is 9.32. The largest absolute Gasteiger partial charge is 0.396 e. The van der Waals surface area contributed by atoms with Gasteiger partial charge in [-0.05, 0) is 36.5 Å². The van der Waals surface area contributed by atoms with E-state index in [0.29, 0.717) is 19.8 Å². The van der Waals surface area contributed by atoms with Gasteiger partial charge < -0.3 is 14.7 Å². The molecule has 114 valence electrons. The van der Waals surface area contributed by atoms with Gasteiger partial charge in [0.2, 0.25) is 5.91 Å². The molecule has 2 aliphatic rings. The Morgan fingerprint density at radius 3 is 2.81 bits per heavy atom. The Bertz CT molecular complexity index is 554. The van der Waals surface area contributed by atoms with Crippen LogP contribution in [0.2, 0.25) is 0 Å². The van der Waals surface area contributed by atoms with Crippen LogP contribution in [0.5, 0.6) is 0 Å². The number of carbonyl (C=O) groups excluding carboxylic acids is 1. The topological polar surface area (TPSA) is 49.8 Å². The Balaban J connectivity index is 2.05. The average Bonchev–Trinajstić information content (AvgIpc) is 2.70. The second-order valence-corrected chi connectivity index (χ2v) is 6.98. The molecule has 1 N–H and O–H groups in total. The quantitative estimate of drug-likeness (QED) is 0.907. The van der Waals surface area contributed by atoms with Crippen LogP contribution in [-0.4, -0.2) is 37.4 Å². The summed E-state index contributed by atoms with van der Waals surface area (Å²) in [6.07, 6.45) is 1.48. The SMILES string of the molecule is C[C@H](CO)CN1C(=O)C2(CCOCC2)c2ccc(Br)cc21. The molecule has 0 bridgehead atoms. The van der Waals surface area contributed by atoms with Crippen molar-refractivity contribution in [3.63, 3.8) is 0 Å². The number of benzene rings is 1. The number of fused-ring (bicyclic) bond motifs is 2. The highest BCUT2D eigenvalue weighted by Gasteiger charge is 2.51. The summed E-state index contributed by atoms with van der Waals surface area (Å²) in [7, 11) is 0. The summed E-state index contributed by atoms with van der Waals surface area (Å²) in [5.74, 6) is 0.231. The Kier molecular flexibility index (Phi) is 4.08. The molecule has 1 fully saturated rings. The number of carbonyl (C=O) groups is 1. The van der Waals surface area contributed by atoms with Gasteiger partial charge in [0.1, 0.15) is 0 Å². The van der Waals surface area contributed by atoms with Crippen molar-refractivity contribution >= 4 is 27.5 Å². The molecular weight excluding hydrogens is 334 g/mol. The van der Waals surface area contributed by atoms with E-state index < -0.39 is 5.41 Å². The second kappa shape index (κ2) is 5.71. The number of rotatable bonds is 3. The lowest BCUT2D eigenvalue weighted by Crippen LogP contribution is -2.45. The smallest absolute Gasteiger partial charge is 0.237 e. The van der Waals surface area contributed by atoms with Crippen molar-refractivity contribution < 1.29 is 14.6 Å². The minimum atomic E-state index is -0.427. The fourth-order valence-corrected chi connectivity index (χ4v) is 3.72. The first-order valence-corrected chi connectivity index (χ1v) is 8.18. The molecule has 0 aromatic heterocycles. The Morgan fingerprint density at radius 1 is 1.43 bits per heavy atom. The summed E-state index contributed by atoms with van der Waals surface area (Å²) in [6.45, 7) is 3.86. The maximum Gasteiger partial charge on any atom is 0.237 e. The normalized spacial score (nSPS) is 21.7. The number of amides is 1. The van der Waals surface area contributed by atoms with Crippen molar-refractivity contribution in [1.82, 2.24) is 0 Å². The Hall–Kier alpha value is -0.910. The first kappa shape index (κ1) is 15.0. The monoisotopic (exact) mass is 353 g/mol. The molecule has 1 amide bonds. The van der Waals surface area contributed by atoms with E-state index in [1.807, 2.05) is 24.0 Å². The molecule has 0 aliphatic carbocycles. The van der Waals surface area contributed by atoms with E-state index in [1.165, 1.54) is 0 Å². The van der Waals surface area contributed by atoms with Crippen LogP contribution in [0.15, 0.2) is 22.7 Å². The number of aliphatic hydroxyl groups excluding tert-OH is 1. The van der Waals surface area contributed by atoms with Crippen LogP contribution < -0.4 is 4.90 Å². The molecule has 1 saturated heterocycles. The molecular formula is C16H20BrNO3. The fraction of sp³-hybridized carbons (Fsp3) is 0.562. The zero-order chi connectivity index (χ0) is 15.0. The third-order valence-electron chi connectivity index (χ3n) is 4.57. The van der Waals surface area contributed by atoms with Crippen molar-refractivity contribution in [3.05, 3.63) is 28.2 Å². The first-order valence-electron chi connectivity index (χ1n) is 7.39. The van der Waals surface area contributed by atoms with Crippen molar-refractivity contribution in [3.8, 4) is 0 Å². The number of ether oxygens (including phenoxy) is 1. The predicted octanol–water partition coefficient (Wildman–Crippen LogP) is 2.47. The van der Waals surface area contributed by atoms with E-state index in [-0.39, 0.29) is 18.4 Å². The van der Waals surface area contributed by atoms with E-state index in [1.54, 1.807) is 0 Å². The molecule has 1 atom stereocenters. The van der Waals surface area contributed by atoms with Crippen LogP contribution in [0.3, 0.4) is 0 Å². The maximum atomic E-state index is 13.1. The zero-order valence-corrected chi connectivity index (χ0v) is 13.7. The van der Waals surface area contributed by atoms with Gasteiger partial charge in [-0.3, -0.25) is 4.79 Å². The molecule has 5 heteroatoms. The van der Waals surface area contributed by atoms with Crippen molar-refractivity contribution in [2.24, 2.45) is 5.92 Å². The molecule has 1 aromatic rings. The van der Waals surface area contributed by atoms with Crippen LogP contribution in [-0.2, 0) is 14.9 Å². The van der Waals surface area contributed by atoms with Gasteiger partial charge in [-0.2, -0.15) is 0 Å².